The highest BCUT2D eigenvalue weighted by Gasteiger charge is 2.32. The molecule has 0 spiro atoms. The summed E-state index contributed by atoms with van der Waals surface area (Å²) in [7, 11) is -4.10. The lowest BCUT2D eigenvalue weighted by molar-refractivity contribution is -0.139. The van der Waals surface area contributed by atoms with Gasteiger partial charge in [0, 0.05) is 21.5 Å². The van der Waals surface area contributed by atoms with E-state index in [0.717, 1.165) is 30.8 Å². The highest BCUT2D eigenvalue weighted by Crippen LogP contribution is 2.26. The van der Waals surface area contributed by atoms with Gasteiger partial charge in [-0.3, -0.25) is 13.9 Å². The Labute approximate surface area is 247 Å². The molecule has 0 fully saturated rings. The van der Waals surface area contributed by atoms with Crippen LogP contribution in [-0.2, 0) is 26.2 Å². The molecule has 0 unspecified atom stereocenters. The van der Waals surface area contributed by atoms with E-state index in [2.05, 4.69) is 37.2 Å². The van der Waals surface area contributed by atoms with Crippen LogP contribution in [0.5, 0.6) is 0 Å². The lowest BCUT2D eigenvalue weighted by Crippen LogP contribution is -2.52. The molecular formula is C29H33Br2N3O4S. The number of sulfonamides is 1. The average molecular weight is 679 g/mol. The molecule has 3 aromatic carbocycles. The standard InChI is InChI=1S/C29H33Br2N3O4S/c1-5-21(3)32-29(36)22(4)33(18-23-7-6-8-25(31)17-23)28(35)19-34(26-13-11-24(30)12-14-26)39(37,38)27-15-9-20(2)10-16-27/h6-17,21-22H,5,18-19H2,1-4H3,(H,32,36)/t21-,22+/m0/s1. The summed E-state index contributed by atoms with van der Waals surface area (Å²) in [6.45, 7) is 7.05. The van der Waals surface area contributed by atoms with E-state index in [1.165, 1.54) is 17.0 Å². The van der Waals surface area contributed by atoms with Crippen molar-refractivity contribution in [1.29, 1.82) is 0 Å². The summed E-state index contributed by atoms with van der Waals surface area (Å²) in [5.74, 6) is -0.801. The van der Waals surface area contributed by atoms with Crippen molar-refractivity contribution in [2.45, 2.75) is 57.6 Å². The van der Waals surface area contributed by atoms with E-state index in [4.69, 9.17) is 0 Å². The van der Waals surface area contributed by atoms with Crippen LogP contribution in [0.25, 0.3) is 0 Å². The average Bonchev–Trinajstić information content (AvgIpc) is 2.90. The maximum Gasteiger partial charge on any atom is 0.264 e. The van der Waals surface area contributed by atoms with E-state index in [9.17, 15) is 18.0 Å². The van der Waals surface area contributed by atoms with Crippen molar-refractivity contribution in [2.75, 3.05) is 10.8 Å². The Morgan fingerprint density at radius 3 is 2.15 bits per heavy atom. The predicted molar refractivity (Wildman–Crippen MR) is 162 cm³/mol. The van der Waals surface area contributed by atoms with Gasteiger partial charge in [0.15, 0.2) is 0 Å². The van der Waals surface area contributed by atoms with E-state index in [-0.39, 0.29) is 23.4 Å². The molecule has 7 nitrogen and oxygen atoms in total. The van der Waals surface area contributed by atoms with Gasteiger partial charge in [0.2, 0.25) is 11.8 Å². The van der Waals surface area contributed by atoms with Crippen LogP contribution in [-0.4, -0.2) is 43.8 Å². The Balaban J connectivity index is 2.02. The van der Waals surface area contributed by atoms with Crippen molar-refractivity contribution in [3.05, 3.63) is 92.9 Å². The fourth-order valence-corrected chi connectivity index (χ4v) is 5.98. The van der Waals surface area contributed by atoms with Crippen molar-refractivity contribution in [3.8, 4) is 0 Å². The van der Waals surface area contributed by atoms with Gasteiger partial charge >= 0.3 is 0 Å². The zero-order chi connectivity index (χ0) is 28.7. The fraction of sp³-hybridized carbons (Fsp3) is 0.310. The SMILES string of the molecule is CC[C@H](C)NC(=O)[C@@H](C)N(Cc1cccc(Br)c1)C(=O)CN(c1ccc(Br)cc1)S(=O)(=O)c1ccc(C)cc1. The van der Waals surface area contributed by atoms with Gasteiger partial charge in [-0.1, -0.05) is 68.6 Å². The van der Waals surface area contributed by atoms with E-state index in [0.29, 0.717) is 5.69 Å². The summed E-state index contributed by atoms with van der Waals surface area (Å²) in [5, 5.41) is 2.94. The van der Waals surface area contributed by atoms with Gasteiger partial charge in [0.05, 0.1) is 10.6 Å². The van der Waals surface area contributed by atoms with E-state index < -0.39 is 28.5 Å². The Bertz CT molecular complexity index is 1400. The first-order valence-corrected chi connectivity index (χ1v) is 15.6. The Kier molecular flexibility index (Phi) is 10.7. The molecule has 2 amide bonds. The van der Waals surface area contributed by atoms with Crippen LogP contribution >= 0.6 is 31.9 Å². The molecule has 0 saturated heterocycles. The molecule has 0 aliphatic rings. The molecule has 1 N–H and O–H groups in total. The number of hydrogen-bond donors (Lipinski definition) is 1. The summed E-state index contributed by atoms with van der Waals surface area (Å²) in [6, 6.07) is 19.8. The Morgan fingerprint density at radius 1 is 0.923 bits per heavy atom. The Hall–Kier alpha value is -2.69. The van der Waals surface area contributed by atoms with E-state index in [1.807, 2.05) is 45.0 Å². The van der Waals surface area contributed by atoms with Gasteiger partial charge in [-0.05, 0) is 81.3 Å². The number of benzene rings is 3. The second-order valence-corrected chi connectivity index (χ2v) is 13.1. The molecule has 2 atom stereocenters. The predicted octanol–water partition coefficient (Wildman–Crippen LogP) is 6.05. The van der Waals surface area contributed by atoms with Crippen LogP contribution in [0.1, 0.15) is 38.3 Å². The maximum absolute atomic E-state index is 13.9. The molecule has 3 rings (SSSR count). The third kappa shape index (κ3) is 8.16. The molecule has 0 heterocycles. The van der Waals surface area contributed by atoms with Crippen molar-refractivity contribution in [2.24, 2.45) is 0 Å². The largest absolute Gasteiger partial charge is 0.352 e. The lowest BCUT2D eigenvalue weighted by Gasteiger charge is -2.32. The number of nitrogens with zero attached hydrogens (tertiary/aromatic N) is 2. The van der Waals surface area contributed by atoms with Crippen LogP contribution < -0.4 is 9.62 Å². The number of amides is 2. The summed E-state index contributed by atoms with van der Waals surface area (Å²) in [4.78, 5) is 28.5. The van der Waals surface area contributed by atoms with E-state index in [1.54, 1.807) is 43.3 Å². The van der Waals surface area contributed by atoms with Crippen LogP contribution in [0.15, 0.2) is 86.6 Å². The highest BCUT2D eigenvalue weighted by molar-refractivity contribution is 9.10. The van der Waals surface area contributed by atoms with Gasteiger partial charge < -0.3 is 10.2 Å². The van der Waals surface area contributed by atoms with Crippen molar-refractivity contribution in [1.82, 2.24) is 10.2 Å². The van der Waals surface area contributed by atoms with Gasteiger partial charge in [-0.2, -0.15) is 0 Å². The van der Waals surface area contributed by atoms with Gasteiger partial charge in [0.25, 0.3) is 10.0 Å². The van der Waals surface area contributed by atoms with E-state index >= 15 is 0 Å². The smallest absolute Gasteiger partial charge is 0.264 e. The second kappa shape index (κ2) is 13.6. The van der Waals surface area contributed by atoms with Crippen LogP contribution in [0.2, 0.25) is 0 Å². The molecular weight excluding hydrogens is 646 g/mol. The molecule has 0 aromatic heterocycles. The van der Waals surface area contributed by atoms with Crippen LogP contribution in [0.4, 0.5) is 5.69 Å². The first-order valence-electron chi connectivity index (χ1n) is 12.6. The van der Waals surface area contributed by atoms with Crippen molar-refractivity contribution >= 4 is 59.4 Å². The number of rotatable bonds is 11. The molecule has 0 saturated carbocycles. The molecule has 39 heavy (non-hydrogen) atoms. The Morgan fingerprint density at radius 2 is 1.56 bits per heavy atom. The van der Waals surface area contributed by atoms with Crippen LogP contribution in [0, 0.1) is 6.92 Å². The molecule has 0 radical (unpaired) electrons. The third-order valence-electron chi connectivity index (χ3n) is 6.41. The number of carbonyl (C=O) groups is 2. The van der Waals surface area contributed by atoms with Gasteiger partial charge in [-0.25, -0.2) is 8.42 Å². The number of halogens is 2. The maximum atomic E-state index is 13.9. The number of nitrogens with one attached hydrogen (secondary N) is 1. The lowest BCUT2D eigenvalue weighted by atomic mass is 10.1. The van der Waals surface area contributed by atoms with Crippen molar-refractivity contribution < 1.29 is 18.0 Å². The monoisotopic (exact) mass is 677 g/mol. The number of hydrogen-bond acceptors (Lipinski definition) is 4. The molecule has 208 valence electrons. The summed E-state index contributed by atoms with van der Waals surface area (Å²) in [5.41, 5.74) is 2.06. The van der Waals surface area contributed by atoms with Gasteiger partial charge in [0.1, 0.15) is 12.6 Å². The first kappa shape index (κ1) is 30.8. The molecule has 0 aliphatic heterocycles. The zero-order valence-corrected chi connectivity index (χ0v) is 26.4. The number of carbonyl (C=O) groups excluding carboxylic acids is 2. The minimum absolute atomic E-state index is 0.0658. The highest BCUT2D eigenvalue weighted by atomic mass is 79.9. The van der Waals surface area contributed by atoms with Crippen molar-refractivity contribution in [3.63, 3.8) is 0 Å². The van der Waals surface area contributed by atoms with Gasteiger partial charge in [-0.15, -0.1) is 0 Å². The number of anilines is 1. The zero-order valence-electron chi connectivity index (χ0n) is 22.4. The summed E-state index contributed by atoms with van der Waals surface area (Å²) < 4.78 is 30.4. The molecule has 10 heteroatoms. The molecule has 0 bridgehead atoms. The topological polar surface area (TPSA) is 86.8 Å². The van der Waals surface area contributed by atoms with Crippen LogP contribution in [0.3, 0.4) is 0 Å². The third-order valence-corrected chi connectivity index (χ3v) is 9.22. The second-order valence-electron chi connectivity index (χ2n) is 9.45. The number of aryl methyl sites for hydroxylation is 1. The fourth-order valence-electron chi connectivity index (χ4n) is 3.85. The first-order chi connectivity index (χ1) is 18.4. The minimum atomic E-state index is -4.10. The summed E-state index contributed by atoms with van der Waals surface area (Å²) in [6.07, 6.45) is 0.740. The summed E-state index contributed by atoms with van der Waals surface area (Å²) >= 11 is 6.84. The quantitative estimate of drug-likeness (QED) is 0.268. The normalized spacial score (nSPS) is 12.9. The molecule has 3 aromatic rings. The minimum Gasteiger partial charge on any atom is -0.352 e. The molecule has 0 aliphatic carbocycles.